The highest BCUT2D eigenvalue weighted by Crippen LogP contribution is 2.44. The number of ether oxygens (including phenoxy) is 3. The lowest BCUT2D eigenvalue weighted by atomic mass is 10.0. The third-order valence-corrected chi connectivity index (χ3v) is 6.46. The Labute approximate surface area is 179 Å². The van der Waals surface area contributed by atoms with Gasteiger partial charge in [-0.05, 0) is 60.4 Å². The maximum absolute atomic E-state index is 13.4. The van der Waals surface area contributed by atoms with Crippen molar-refractivity contribution in [3.05, 3.63) is 58.0 Å². The van der Waals surface area contributed by atoms with Gasteiger partial charge in [0.25, 0.3) is 0 Å². The Morgan fingerprint density at radius 3 is 2.53 bits per heavy atom. The molecule has 0 N–H and O–H groups in total. The van der Waals surface area contributed by atoms with Gasteiger partial charge in [0.2, 0.25) is 0 Å². The molecule has 0 fully saturated rings. The zero-order valence-corrected chi connectivity index (χ0v) is 18.5. The summed E-state index contributed by atoms with van der Waals surface area (Å²) < 4.78 is 41.3. The smallest absolute Gasteiger partial charge is 0.494 e. The van der Waals surface area contributed by atoms with E-state index in [4.69, 9.17) is 9.72 Å². The van der Waals surface area contributed by atoms with Crippen LogP contribution in [0.15, 0.2) is 52.3 Å². The van der Waals surface area contributed by atoms with Crippen LogP contribution in [0.25, 0.3) is 11.3 Å². The highest BCUT2D eigenvalue weighted by atomic mass is 32.2. The zero-order chi connectivity index (χ0) is 21.9. The van der Waals surface area contributed by atoms with Gasteiger partial charge >= 0.3 is 6.29 Å². The Morgan fingerprint density at radius 2 is 1.90 bits per heavy atom. The van der Waals surface area contributed by atoms with E-state index in [9.17, 15) is 8.78 Å². The fraction of sp³-hybridized carbons (Fsp3) is 0.348. The number of alkyl halides is 2. The summed E-state index contributed by atoms with van der Waals surface area (Å²) in [5.74, 6) is 0.585. The van der Waals surface area contributed by atoms with E-state index >= 15 is 0 Å². The first-order valence-corrected chi connectivity index (χ1v) is 10.6. The lowest BCUT2D eigenvalue weighted by Gasteiger charge is -2.18. The van der Waals surface area contributed by atoms with Gasteiger partial charge in [0.15, 0.2) is 11.5 Å². The Hall–Kier alpha value is -2.54. The second kappa shape index (κ2) is 9.08. The van der Waals surface area contributed by atoms with Crippen LogP contribution in [-0.2, 0) is 0 Å². The molecule has 0 radical (unpaired) electrons. The van der Waals surface area contributed by atoms with Gasteiger partial charge in [0, 0.05) is 17.2 Å². The van der Waals surface area contributed by atoms with E-state index in [-0.39, 0.29) is 17.4 Å². The van der Waals surface area contributed by atoms with E-state index < -0.39 is 6.29 Å². The van der Waals surface area contributed by atoms with Gasteiger partial charge < -0.3 is 14.2 Å². The lowest BCUT2D eigenvalue weighted by Crippen LogP contribution is -2.25. The van der Waals surface area contributed by atoms with Gasteiger partial charge in [-0.25, -0.2) is 4.98 Å². The topological polar surface area (TPSA) is 40.6 Å². The molecule has 0 spiro atoms. The van der Waals surface area contributed by atoms with Crippen molar-refractivity contribution in [1.82, 2.24) is 4.98 Å². The molecule has 0 bridgehead atoms. The van der Waals surface area contributed by atoms with Crippen LogP contribution in [0, 0.1) is 0 Å². The zero-order valence-electron chi connectivity index (χ0n) is 17.7. The quantitative estimate of drug-likeness (QED) is 0.464. The van der Waals surface area contributed by atoms with Gasteiger partial charge in [-0.1, -0.05) is 37.8 Å². The van der Waals surface area contributed by atoms with Crippen molar-refractivity contribution in [2.75, 3.05) is 7.11 Å². The highest BCUT2D eigenvalue weighted by molar-refractivity contribution is 8.06. The maximum atomic E-state index is 13.4. The average molecular weight is 434 g/mol. The largest absolute Gasteiger partial charge is 0.586 e. The minimum Gasteiger partial charge on any atom is -0.494 e. The summed E-state index contributed by atoms with van der Waals surface area (Å²) in [6, 6.07) is 8.40. The molecule has 1 atom stereocenters. The molecular weight excluding hydrogens is 408 g/mol. The van der Waals surface area contributed by atoms with Crippen LogP contribution in [0.4, 0.5) is 8.78 Å². The fourth-order valence-electron chi connectivity index (χ4n) is 3.20. The van der Waals surface area contributed by atoms with Crippen molar-refractivity contribution in [1.29, 1.82) is 0 Å². The summed E-state index contributed by atoms with van der Waals surface area (Å²) in [5, 5.41) is 0. The Bertz CT molecular complexity index is 988. The standard InChI is InChI=1S/C23H25F2NO3S/c1-6-16(7-2)30-21(8-3)14(4)17-10-12-19(27-5)22(26-17)15-9-11-18-20(13-15)29-23(24,25)28-18/h6,8-14H,7H2,1-5H3/b16-6-,21-8-. The number of aromatic nitrogens is 1. The van der Waals surface area contributed by atoms with Crippen LogP contribution in [0.5, 0.6) is 17.2 Å². The second-order valence-corrected chi connectivity index (χ2v) is 7.94. The molecule has 2 heterocycles. The Morgan fingerprint density at radius 1 is 1.17 bits per heavy atom. The van der Waals surface area contributed by atoms with Crippen LogP contribution in [0.2, 0.25) is 0 Å². The molecule has 1 aliphatic heterocycles. The number of allylic oxidation sites excluding steroid dienone is 4. The molecule has 3 rings (SSSR count). The van der Waals surface area contributed by atoms with Crippen molar-refractivity contribution in [2.24, 2.45) is 0 Å². The van der Waals surface area contributed by atoms with Crippen LogP contribution in [-0.4, -0.2) is 18.4 Å². The van der Waals surface area contributed by atoms with Gasteiger partial charge in [-0.3, -0.25) is 0 Å². The number of halogens is 2. The third kappa shape index (κ3) is 4.61. The number of methoxy groups -OCH3 is 1. The van der Waals surface area contributed by atoms with Crippen LogP contribution < -0.4 is 14.2 Å². The van der Waals surface area contributed by atoms with Gasteiger partial charge in [0.1, 0.15) is 11.4 Å². The molecule has 0 saturated heterocycles. The molecule has 1 aromatic carbocycles. The van der Waals surface area contributed by atoms with E-state index in [1.54, 1.807) is 24.9 Å². The molecule has 1 aromatic heterocycles. The molecule has 1 unspecified atom stereocenters. The third-order valence-electron chi connectivity index (χ3n) is 4.85. The maximum Gasteiger partial charge on any atom is 0.586 e. The van der Waals surface area contributed by atoms with Gasteiger partial charge in [0.05, 0.1) is 7.11 Å². The van der Waals surface area contributed by atoms with E-state index in [2.05, 4.69) is 35.5 Å². The van der Waals surface area contributed by atoms with Crippen molar-refractivity contribution < 1.29 is 23.0 Å². The minimum absolute atomic E-state index is 0.00158. The molecule has 1 aliphatic rings. The lowest BCUT2D eigenvalue weighted by molar-refractivity contribution is -0.286. The Kier molecular flexibility index (Phi) is 6.71. The minimum atomic E-state index is -3.66. The Balaban J connectivity index is 1.97. The molecule has 0 amide bonds. The summed E-state index contributed by atoms with van der Waals surface area (Å²) in [6.45, 7) is 8.29. The first-order chi connectivity index (χ1) is 14.3. The first-order valence-electron chi connectivity index (χ1n) is 9.76. The van der Waals surface area contributed by atoms with Crippen LogP contribution in [0.3, 0.4) is 0 Å². The van der Waals surface area contributed by atoms with Gasteiger partial charge in [-0.15, -0.1) is 8.78 Å². The first kappa shape index (κ1) is 22.2. The molecular formula is C23H25F2NO3S. The molecule has 2 aromatic rings. The second-order valence-electron chi connectivity index (χ2n) is 6.74. The molecule has 0 saturated carbocycles. The number of nitrogens with zero attached hydrogens (tertiary/aromatic N) is 1. The number of hydrogen-bond acceptors (Lipinski definition) is 5. The van der Waals surface area contributed by atoms with Crippen LogP contribution >= 0.6 is 11.8 Å². The average Bonchev–Trinajstić information content (AvgIpc) is 3.06. The van der Waals surface area contributed by atoms with Crippen molar-refractivity contribution in [3.8, 4) is 28.5 Å². The summed E-state index contributed by atoms with van der Waals surface area (Å²) in [4.78, 5) is 7.31. The number of pyridine rings is 1. The number of rotatable bonds is 7. The van der Waals surface area contributed by atoms with Crippen LogP contribution in [0.1, 0.15) is 45.7 Å². The summed E-state index contributed by atoms with van der Waals surface area (Å²) >= 11 is 1.75. The molecule has 0 aliphatic carbocycles. The SMILES string of the molecule is C/C=C(/CC)S/C(=C\C)C(C)c1ccc(OC)c(-c2ccc3c(c2)OC(F)(F)O3)n1. The monoisotopic (exact) mass is 433 g/mol. The molecule has 30 heavy (non-hydrogen) atoms. The van der Waals surface area contributed by atoms with Crippen molar-refractivity contribution in [2.45, 2.75) is 46.3 Å². The van der Waals surface area contributed by atoms with Crippen molar-refractivity contribution >= 4 is 11.8 Å². The fourth-order valence-corrected chi connectivity index (χ4v) is 4.18. The van der Waals surface area contributed by atoms with Gasteiger partial charge in [-0.2, -0.15) is 0 Å². The summed E-state index contributed by atoms with van der Waals surface area (Å²) in [5.41, 5.74) is 2.03. The number of thioether (sulfide) groups is 1. The number of fused-ring (bicyclic) bond motifs is 1. The van der Waals surface area contributed by atoms with Crippen molar-refractivity contribution in [3.63, 3.8) is 0 Å². The molecule has 4 nitrogen and oxygen atoms in total. The van der Waals surface area contributed by atoms with E-state index in [0.29, 0.717) is 17.0 Å². The number of hydrogen-bond donors (Lipinski definition) is 0. The normalized spacial score (nSPS) is 16.5. The summed E-state index contributed by atoms with van der Waals surface area (Å²) in [7, 11) is 1.55. The summed E-state index contributed by atoms with van der Waals surface area (Å²) in [6.07, 6.45) is 1.53. The predicted molar refractivity (Wildman–Crippen MR) is 116 cm³/mol. The molecule has 7 heteroatoms. The molecule has 160 valence electrons. The predicted octanol–water partition coefficient (Wildman–Crippen LogP) is 7.13. The van der Waals surface area contributed by atoms with E-state index in [1.165, 1.54) is 21.9 Å². The van der Waals surface area contributed by atoms with E-state index in [0.717, 1.165) is 12.1 Å². The highest BCUT2D eigenvalue weighted by Gasteiger charge is 2.43. The van der Waals surface area contributed by atoms with E-state index in [1.807, 2.05) is 26.0 Å². The number of benzene rings is 1.